The summed E-state index contributed by atoms with van der Waals surface area (Å²) in [6.07, 6.45) is -0.359. The Balaban J connectivity index is 2.00. The van der Waals surface area contributed by atoms with Crippen molar-refractivity contribution in [1.29, 1.82) is 0 Å². The standard InChI is InChI=1S/C16H18N4O4/c1-18-16(23)12(9-14(17)21)19-15(22)8-11-7-13(24-20-11)10-5-3-2-4-6-10/h2-7,12H,8-9H2,1H3,(H2,17,21)(H,18,23)(H,19,22)/t12-/m0/s1. The lowest BCUT2D eigenvalue weighted by molar-refractivity contribution is -0.130. The number of nitrogens with two attached hydrogens (primary N) is 1. The summed E-state index contributed by atoms with van der Waals surface area (Å²) in [4.78, 5) is 34.7. The molecule has 2 rings (SSSR count). The third-order valence-corrected chi connectivity index (χ3v) is 3.26. The molecule has 24 heavy (non-hydrogen) atoms. The minimum absolute atomic E-state index is 0.0808. The van der Waals surface area contributed by atoms with E-state index in [0.717, 1.165) is 5.56 Å². The molecule has 0 saturated heterocycles. The largest absolute Gasteiger partial charge is 0.370 e. The summed E-state index contributed by atoms with van der Waals surface area (Å²) >= 11 is 0. The lowest BCUT2D eigenvalue weighted by Gasteiger charge is -2.15. The van der Waals surface area contributed by atoms with Crippen LogP contribution in [0, 0.1) is 0 Å². The maximum absolute atomic E-state index is 12.0. The summed E-state index contributed by atoms with van der Waals surface area (Å²) in [6, 6.07) is 9.96. The number of nitrogens with one attached hydrogen (secondary N) is 2. The molecular weight excluding hydrogens is 312 g/mol. The molecule has 0 spiro atoms. The Morgan fingerprint density at radius 1 is 1.25 bits per heavy atom. The van der Waals surface area contributed by atoms with Gasteiger partial charge in [-0.25, -0.2) is 0 Å². The molecule has 0 aliphatic heterocycles. The normalized spacial score (nSPS) is 11.5. The number of hydrogen-bond donors (Lipinski definition) is 3. The van der Waals surface area contributed by atoms with Crippen molar-refractivity contribution in [3.63, 3.8) is 0 Å². The molecular formula is C16H18N4O4. The van der Waals surface area contributed by atoms with Crippen LogP contribution in [0.15, 0.2) is 40.9 Å². The van der Waals surface area contributed by atoms with Crippen LogP contribution in [-0.4, -0.2) is 36.0 Å². The third kappa shape index (κ3) is 4.67. The van der Waals surface area contributed by atoms with Crippen LogP contribution in [0.25, 0.3) is 11.3 Å². The zero-order chi connectivity index (χ0) is 17.5. The molecule has 1 atom stereocenters. The number of likely N-dealkylation sites (N-methyl/N-ethyl adjacent to an activating group) is 1. The minimum Gasteiger partial charge on any atom is -0.370 e. The van der Waals surface area contributed by atoms with Crippen LogP contribution in [0.3, 0.4) is 0 Å². The van der Waals surface area contributed by atoms with Crippen molar-refractivity contribution in [3.05, 3.63) is 42.1 Å². The predicted molar refractivity (Wildman–Crippen MR) is 85.5 cm³/mol. The van der Waals surface area contributed by atoms with Gasteiger partial charge in [0.15, 0.2) is 5.76 Å². The van der Waals surface area contributed by atoms with Gasteiger partial charge in [0.25, 0.3) is 0 Å². The quantitative estimate of drug-likeness (QED) is 0.658. The highest BCUT2D eigenvalue weighted by atomic mass is 16.5. The Kier molecular flexibility index (Phi) is 5.67. The Bertz CT molecular complexity index is 727. The van der Waals surface area contributed by atoms with Gasteiger partial charge in [-0.15, -0.1) is 0 Å². The van der Waals surface area contributed by atoms with E-state index < -0.39 is 23.8 Å². The second-order valence-electron chi connectivity index (χ2n) is 5.13. The van der Waals surface area contributed by atoms with Crippen molar-refractivity contribution >= 4 is 17.7 Å². The van der Waals surface area contributed by atoms with Crippen LogP contribution in [-0.2, 0) is 20.8 Å². The molecule has 1 aromatic heterocycles. The molecule has 0 unspecified atom stereocenters. The van der Waals surface area contributed by atoms with Crippen LogP contribution < -0.4 is 16.4 Å². The van der Waals surface area contributed by atoms with Crippen LogP contribution in [0.2, 0.25) is 0 Å². The predicted octanol–water partition coefficient (Wildman–Crippen LogP) is -0.00970. The van der Waals surface area contributed by atoms with Crippen molar-refractivity contribution < 1.29 is 18.9 Å². The molecule has 3 amide bonds. The highest BCUT2D eigenvalue weighted by Crippen LogP contribution is 2.19. The summed E-state index contributed by atoms with van der Waals surface area (Å²) in [5.74, 6) is -1.10. The SMILES string of the molecule is CNC(=O)[C@H](CC(N)=O)NC(=O)Cc1cc(-c2ccccc2)on1. The van der Waals surface area contributed by atoms with Gasteiger partial charge < -0.3 is 20.9 Å². The van der Waals surface area contributed by atoms with Crippen molar-refractivity contribution in [2.45, 2.75) is 18.9 Å². The van der Waals surface area contributed by atoms with Crippen LogP contribution in [0.4, 0.5) is 0 Å². The van der Waals surface area contributed by atoms with Gasteiger partial charge in [-0.05, 0) is 0 Å². The molecule has 126 valence electrons. The number of rotatable bonds is 7. The zero-order valence-corrected chi connectivity index (χ0v) is 13.1. The number of hydrogen-bond acceptors (Lipinski definition) is 5. The lowest BCUT2D eigenvalue weighted by Crippen LogP contribution is -2.48. The Labute approximate surface area is 138 Å². The maximum atomic E-state index is 12.0. The van der Waals surface area contributed by atoms with E-state index in [1.807, 2.05) is 30.3 Å². The average molecular weight is 330 g/mol. The average Bonchev–Trinajstić information content (AvgIpc) is 3.02. The summed E-state index contributed by atoms with van der Waals surface area (Å²) in [7, 11) is 1.41. The van der Waals surface area contributed by atoms with Crippen molar-refractivity contribution in [1.82, 2.24) is 15.8 Å². The molecule has 4 N–H and O–H groups in total. The number of carbonyl (C=O) groups is 3. The molecule has 8 heteroatoms. The van der Waals surface area contributed by atoms with Gasteiger partial charge in [0, 0.05) is 18.7 Å². The molecule has 1 aromatic carbocycles. The van der Waals surface area contributed by atoms with E-state index in [2.05, 4.69) is 15.8 Å². The molecule has 0 aliphatic rings. The highest BCUT2D eigenvalue weighted by Gasteiger charge is 2.22. The molecule has 0 bridgehead atoms. The van der Waals surface area contributed by atoms with Crippen LogP contribution in [0.5, 0.6) is 0 Å². The van der Waals surface area contributed by atoms with Gasteiger partial charge in [0.1, 0.15) is 6.04 Å². The number of aromatic nitrogens is 1. The summed E-state index contributed by atoms with van der Waals surface area (Å²) in [6.45, 7) is 0. The minimum atomic E-state index is -1.01. The number of benzene rings is 1. The van der Waals surface area contributed by atoms with Gasteiger partial charge >= 0.3 is 0 Å². The molecule has 8 nitrogen and oxygen atoms in total. The summed E-state index contributed by atoms with van der Waals surface area (Å²) in [5, 5.41) is 8.67. The van der Waals surface area contributed by atoms with Gasteiger partial charge in [-0.2, -0.15) is 0 Å². The Morgan fingerprint density at radius 2 is 1.96 bits per heavy atom. The fourth-order valence-corrected chi connectivity index (χ4v) is 2.13. The summed E-state index contributed by atoms with van der Waals surface area (Å²) in [5.41, 5.74) is 6.34. The first kappa shape index (κ1) is 17.2. The van der Waals surface area contributed by atoms with Crippen molar-refractivity contribution in [2.24, 2.45) is 5.73 Å². The first-order chi connectivity index (χ1) is 11.5. The first-order valence-electron chi connectivity index (χ1n) is 7.30. The van der Waals surface area contributed by atoms with Crippen molar-refractivity contribution in [3.8, 4) is 11.3 Å². The van der Waals surface area contributed by atoms with Gasteiger partial charge in [-0.3, -0.25) is 14.4 Å². The highest BCUT2D eigenvalue weighted by molar-refractivity contribution is 5.91. The molecule has 0 fully saturated rings. The Morgan fingerprint density at radius 3 is 2.58 bits per heavy atom. The molecule has 0 aliphatic carbocycles. The monoisotopic (exact) mass is 330 g/mol. The second kappa shape index (κ2) is 7.91. The van der Waals surface area contributed by atoms with Gasteiger partial charge in [0.05, 0.1) is 18.5 Å². The molecule has 1 heterocycles. The number of nitrogens with zero attached hydrogens (tertiary/aromatic N) is 1. The second-order valence-corrected chi connectivity index (χ2v) is 5.13. The van der Waals surface area contributed by atoms with E-state index in [-0.39, 0.29) is 12.8 Å². The number of carbonyl (C=O) groups excluding carboxylic acids is 3. The third-order valence-electron chi connectivity index (χ3n) is 3.26. The fraction of sp³-hybridized carbons (Fsp3) is 0.250. The van der Waals surface area contributed by atoms with E-state index >= 15 is 0 Å². The summed E-state index contributed by atoms with van der Waals surface area (Å²) < 4.78 is 5.21. The topological polar surface area (TPSA) is 127 Å². The van der Waals surface area contributed by atoms with Gasteiger partial charge in [0.2, 0.25) is 17.7 Å². The molecule has 0 saturated carbocycles. The van der Waals surface area contributed by atoms with E-state index in [4.69, 9.17) is 10.3 Å². The number of amides is 3. The zero-order valence-electron chi connectivity index (χ0n) is 13.1. The van der Waals surface area contributed by atoms with E-state index in [0.29, 0.717) is 11.5 Å². The van der Waals surface area contributed by atoms with Crippen LogP contribution >= 0.6 is 0 Å². The van der Waals surface area contributed by atoms with Crippen LogP contribution in [0.1, 0.15) is 12.1 Å². The van der Waals surface area contributed by atoms with E-state index in [9.17, 15) is 14.4 Å². The molecule has 0 radical (unpaired) electrons. The van der Waals surface area contributed by atoms with Crippen molar-refractivity contribution in [2.75, 3.05) is 7.05 Å². The van der Waals surface area contributed by atoms with E-state index in [1.165, 1.54) is 7.05 Å². The first-order valence-corrected chi connectivity index (χ1v) is 7.30. The maximum Gasteiger partial charge on any atom is 0.242 e. The number of primary amides is 1. The molecule has 2 aromatic rings. The van der Waals surface area contributed by atoms with E-state index in [1.54, 1.807) is 6.07 Å². The Hall–Kier alpha value is -3.16. The van der Waals surface area contributed by atoms with Gasteiger partial charge in [-0.1, -0.05) is 35.5 Å². The fourth-order valence-electron chi connectivity index (χ4n) is 2.13. The smallest absolute Gasteiger partial charge is 0.242 e. The lowest BCUT2D eigenvalue weighted by atomic mass is 10.1.